The maximum Gasteiger partial charge on any atom is 0.315 e. The van der Waals surface area contributed by atoms with Crippen molar-refractivity contribution >= 4 is 39.7 Å². The molecular formula is C33H59N7O7S. The van der Waals surface area contributed by atoms with E-state index in [0.29, 0.717) is 32.4 Å². The summed E-state index contributed by atoms with van der Waals surface area (Å²) in [7, 11) is -2.21. The van der Waals surface area contributed by atoms with Crippen LogP contribution in [0.3, 0.4) is 0 Å². The van der Waals surface area contributed by atoms with Gasteiger partial charge in [-0.2, -0.15) is 17.0 Å². The SMILES string of the molecule is C=CCNC(=O)C(=O)C(CCC)NC(=O)[C@@H]1CCCN1C(=O)[C@@H](NC(=O)N[C@H](CN(C)S(=O)(=O)N1CCCCC1)C(C)(C)C)C(C)(C)C. The fraction of sp³-hybridized carbons (Fsp3) is 0.788. The van der Waals surface area contributed by atoms with Gasteiger partial charge in [-0.15, -0.1) is 6.58 Å². The van der Waals surface area contributed by atoms with E-state index in [1.165, 1.54) is 26.6 Å². The van der Waals surface area contributed by atoms with Crippen molar-refractivity contribution < 1.29 is 32.4 Å². The number of carbonyl (C=O) groups is 5. The van der Waals surface area contributed by atoms with E-state index in [2.05, 4.69) is 27.8 Å². The number of carbonyl (C=O) groups excluding carboxylic acids is 5. The molecule has 0 aromatic rings. The lowest BCUT2D eigenvalue weighted by atomic mass is 9.85. The van der Waals surface area contributed by atoms with E-state index in [9.17, 15) is 32.4 Å². The number of rotatable bonds is 15. The number of hydrogen-bond acceptors (Lipinski definition) is 7. The Morgan fingerprint density at radius 3 is 2.08 bits per heavy atom. The van der Waals surface area contributed by atoms with Gasteiger partial charge in [0.05, 0.1) is 6.04 Å². The Balaban J connectivity index is 2.19. The first kappa shape index (κ1) is 41.1. The number of urea groups is 1. The molecule has 2 aliphatic rings. The van der Waals surface area contributed by atoms with E-state index < -0.39 is 74.7 Å². The van der Waals surface area contributed by atoms with Crippen LogP contribution in [0.4, 0.5) is 4.79 Å². The van der Waals surface area contributed by atoms with Crippen molar-refractivity contribution in [3.63, 3.8) is 0 Å². The van der Waals surface area contributed by atoms with E-state index in [4.69, 9.17) is 0 Å². The minimum atomic E-state index is -3.72. The summed E-state index contributed by atoms with van der Waals surface area (Å²) in [5, 5.41) is 10.9. The molecule has 14 nitrogen and oxygen atoms in total. The summed E-state index contributed by atoms with van der Waals surface area (Å²) in [6.45, 7) is 17.8. The highest BCUT2D eigenvalue weighted by molar-refractivity contribution is 7.86. The summed E-state index contributed by atoms with van der Waals surface area (Å²) in [6, 6.07) is -4.19. The zero-order valence-electron chi connectivity index (χ0n) is 30.2. The Morgan fingerprint density at radius 2 is 1.54 bits per heavy atom. The molecule has 2 heterocycles. The minimum absolute atomic E-state index is 0.0293. The number of Topliss-reactive ketones (excluding diaryl/α,β-unsaturated/α-hetero) is 1. The number of amides is 5. The topological polar surface area (TPSA) is 177 Å². The van der Waals surface area contributed by atoms with E-state index in [0.717, 1.165) is 19.3 Å². The fourth-order valence-electron chi connectivity index (χ4n) is 5.86. The molecule has 0 bridgehead atoms. The number of piperidine rings is 1. The predicted molar refractivity (Wildman–Crippen MR) is 185 cm³/mol. The number of nitrogens with zero attached hydrogens (tertiary/aromatic N) is 3. The van der Waals surface area contributed by atoms with Gasteiger partial charge in [0.2, 0.25) is 17.6 Å². The van der Waals surface area contributed by atoms with Gasteiger partial charge >= 0.3 is 6.03 Å². The van der Waals surface area contributed by atoms with Crippen molar-refractivity contribution in [1.82, 2.24) is 34.8 Å². The number of likely N-dealkylation sites (N-methyl/N-ethyl adjacent to an activating group) is 1. The molecule has 15 heteroatoms. The number of likely N-dealkylation sites (tertiary alicyclic amines) is 1. The molecule has 0 aliphatic carbocycles. The largest absolute Gasteiger partial charge is 0.346 e. The van der Waals surface area contributed by atoms with Gasteiger partial charge in [0, 0.05) is 45.8 Å². The van der Waals surface area contributed by atoms with Crippen molar-refractivity contribution in [3.8, 4) is 0 Å². The van der Waals surface area contributed by atoms with Gasteiger partial charge < -0.3 is 26.2 Å². The monoisotopic (exact) mass is 697 g/mol. The van der Waals surface area contributed by atoms with Gasteiger partial charge in [0.25, 0.3) is 16.1 Å². The van der Waals surface area contributed by atoms with Crippen molar-refractivity contribution in [2.75, 3.05) is 39.8 Å². The van der Waals surface area contributed by atoms with Gasteiger partial charge in [-0.05, 0) is 42.9 Å². The van der Waals surface area contributed by atoms with Crippen LogP contribution >= 0.6 is 0 Å². The highest BCUT2D eigenvalue weighted by Crippen LogP contribution is 2.27. The van der Waals surface area contributed by atoms with Crippen LogP contribution in [0.2, 0.25) is 0 Å². The van der Waals surface area contributed by atoms with Crippen molar-refractivity contribution in [2.24, 2.45) is 10.8 Å². The maximum absolute atomic E-state index is 14.1. The van der Waals surface area contributed by atoms with Crippen LogP contribution < -0.4 is 21.3 Å². The Kier molecular flexibility index (Phi) is 15.1. The molecule has 274 valence electrons. The molecule has 0 aromatic heterocycles. The summed E-state index contributed by atoms with van der Waals surface area (Å²) in [4.78, 5) is 67.6. The highest BCUT2D eigenvalue weighted by Gasteiger charge is 2.43. The molecule has 2 saturated heterocycles. The molecule has 4 N–H and O–H groups in total. The third kappa shape index (κ3) is 11.3. The molecule has 0 aromatic carbocycles. The Labute approximate surface area is 287 Å². The van der Waals surface area contributed by atoms with Crippen LogP contribution in [0, 0.1) is 10.8 Å². The van der Waals surface area contributed by atoms with E-state index >= 15 is 0 Å². The molecule has 2 fully saturated rings. The van der Waals surface area contributed by atoms with Gasteiger partial charge in [-0.3, -0.25) is 19.2 Å². The number of ketones is 1. The van der Waals surface area contributed by atoms with Crippen LogP contribution in [0.25, 0.3) is 0 Å². The lowest BCUT2D eigenvalue weighted by Crippen LogP contribution is -2.62. The maximum atomic E-state index is 14.1. The standard InChI is InChI=1S/C33H59N7O7S/c1-10-16-23(26(41)29(43)34-18-11-2)35-28(42)24-17-15-21-40(24)30(44)27(33(6,7)8)37-31(45)36-25(32(3,4)5)22-38(9)48(46,47)39-19-13-12-14-20-39/h11,23-25,27H,2,10,12-22H2,1,3-9H3,(H,34,43)(H,35,42)(H2,36,37,45)/t23?,24-,25+,27+/m0/s1. The second-order valence-corrected chi connectivity index (χ2v) is 17.0. The minimum Gasteiger partial charge on any atom is -0.346 e. The van der Waals surface area contributed by atoms with Crippen LogP contribution in [0.5, 0.6) is 0 Å². The van der Waals surface area contributed by atoms with E-state index in [1.807, 2.05) is 27.7 Å². The fourth-order valence-corrected chi connectivity index (χ4v) is 7.32. The second kappa shape index (κ2) is 17.6. The summed E-state index contributed by atoms with van der Waals surface area (Å²) in [6.07, 6.45) is 5.76. The van der Waals surface area contributed by atoms with Crippen molar-refractivity contribution in [2.45, 2.75) is 118 Å². The summed E-state index contributed by atoms with van der Waals surface area (Å²) in [5.74, 6) is -2.57. The molecule has 0 radical (unpaired) electrons. The average molecular weight is 698 g/mol. The molecule has 4 atom stereocenters. The quantitative estimate of drug-likeness (QED) is 0.149. The smallest absolute Gasteiger partial charge is 0.315 e. The van der Waals surface area contributed by atoms with Crippen molar-refractivity contribution in [1.29, 1.82) is 0 Å². The third-order valence-electron chi connectivity index (χ3n) is 8.89. The van der Waals surface area contributed by atoms with Gasteiger partial charge in [-0.1, -0.05) is 67.4 Å². The summed E-state index contributed by atoms with van der Waals surface area (Å²) >= 11 is 0. The molecule has 2 aliphatic heterocycles. The van der Waals surface area contributed by atoms with E-state index in [-0.39, 0.29) is 26.1 Å². The van der Waals surface area contributed by atoms with Gasteiger partial charge in [0.15, 0.2) is 0 Å². The average Bonchev–Trinajstić information content (AvgIpc) is 3.51. The van der Waals surface area contributed by atoms with Crippen LogP contribution in [0.15, 0.2) is 12.7 Å². The van der Waals surface area contributed by atoms with Gasteiger partial charge in [0.1, 0.15) is 12.1 Å². The second-order valence-electron chi connectivity index (χ2n) is 15.0. The molecule has 5 amide bonds. The zero-order valence-corrected chi connectivity index (χ0v) is 31.0. The Hall–Kier alpha value is -3.04. The molecule has 2 rings (SSSR count). The molecule has 48 heavy (non-hydrogen) atoms. The predicted octanol–water partition coefficient (Wildman–Crippen LogP) is 1.92. The van der Waals surface area contributed by atoms with Crippen molar-refractivity contribution in [3.05, 3.63) is 12.7 Å². The zero-order chi connectivity index (χ0) is 36.4. The van der Waals surface area contributed by atoms with Crippen LogP contribution in [-0.2, 0) is 29.4 Å². The van der Waals surface area contributed by atoms with E-state index in [1.54, 1.807) is 20.8 Å². The molecule has 0 spiro atoms. The number of hydrogen-bond donors (Lipinski definition) is 4. The normalized spacial score (nSPS) is 19.6. The lowest BCUT2D eigenvalue weighted by Gasteiger charge is -2.38. The first-order chi connectivity index (χ1) is 22.2. The van der Waals surface area contributed by atoms with Crippen LogP contribution in [-0.4, -0.2) is 115 Å². The lowest BCUT2D eigenvalue weighted by molar-refractivity contribution is -0.143. The Morgan fingerprint density at radius 1 is 0.917 bits per heavy atom. The number of nitrogens with one attached hydrogen (secondary N) is 4. The van der Waals surface area contributed by atoms with Crippen LogP contribution in [0.1, 0.15) is 93.4 Å². The molecule has 1 unspecified atom stereocenters. The summed E-state index contributed by atoms with van der Waals surface area (Å²) in [5.41, 5.74) is -1.29. The first-order valence-electron chi connectivity index (χ1n) is 17.1. The summed E-state index contributed by atoms with van der Waals surface area (Å²) < 4.78 is 29.3. The Bertz CT molecular complexity index is 1270. The molecule has 0 saturated carbocycles. The first-order valence-corrected chi connectivity index (χ1v) is 18.5. The highest BCUT2D eigenvalue weighted by atomic mass is 32.2. The molecular weight excluding hydrogens is 638 g/mol. The van der Waals surface area contributed by atoms with Gasteiger partial charge in [-0.25, -0.2) is 4.79 Å². The third-order valence-corrected chi connectivity index (χ3v) is 10.8.